The molecule has 0 saturated heterocycles. The lowest BCUT2D eigenvalue weighted by molar-refractivity contribution is -0.143. The van der Waals surface area contributed by atoms with Crippen LogP contribution in [0.1, 0.15) is 58.8 Å². The molecule has 0 aliphatic carbocycles. The molecule has 1 N–H and O–H groups in total. The van der Waals surface area contributed by atoms with Gasteiger partial charge in [0, 0.05) is 6.42 Å². The molecule has 15 heavy (non-hydrogen) atoms. The molecule has 1 unspecified atom stereocenters. The van der Waals surface area contributed by atoms with Gasteiger partial charge in [-0.3, -0.25) is 4.79 Å². The highest BCUT2D eigenvalue weighted by atomic mass is 16.5. The first-order valence-electron chi connectivity index (χ1n) is 6.00. The Bertz CT molecular complexity index is 155. The number of ether oxygens (including phenoxy) is 1. The molecule has 0 spiro atoms. The van der Waals surface area contributed by atoms with Crippen molar-refractivity contribution in [3.63, 3.8) is 0 Å². The quantitative estimate of drug-likeness (QED) is 0.476. The Labute approximate surface area is 92.8 Å². The second-order valence-corrected chi connectivity index (χ2v) is 4.02. The van der Waals surface area contributed by atoms with Crippen LogP contribution >= 0.6 is 0 Å². The van der Waals surface area contributed by atoms with Crippen molar-refractivity contribution >= 4 is 5.97 Å². The Kier molecular flexibility index (Phi) is 9.59. The number of aliphatic hydroxyl groups is 1. The second-order valence-electron chi connectivity index (χ2n) is 4.02. The van der Waals surface area contributed by atoms with E-state index in [1.807, 2.05) is 0 Å². The maximum Gasteiger partial charge on any atom is 0.305 e. The summed E-state index contributed by atoms with van der Waals surface area (Å²) >= 11 is 0. The van der Waals surface area contributed by atoms with E-state index in [0.29, 0.717) is 13.0 Å². The van der Waals surface area contributed by atoms with Gasteiger partial charge in [-0.15, -0.1) is 0 Å². The van der Waals surface area contributed by atoms with Gasteiger partial charge in [-0.1, -0.05) is 26.2 Å². The van der Waals surface area contributed by atoms with Crippen LogP contribution in [-0.4, -0.2) is 23.8 Å². The Morgan fingerprint density at radius 1 is 1.27 bits per heavy atom. The minimum atomic E-state index is -0.221. The number of aliphatic hydroxyl groups excluding tert-OH is 1. The van der Waals surface area contributed by atoms with Crippen molar-refractivity contribution in [2.24, 2.45) is 0 Å². The van der Waals surface area contributed by atoms with Gasteiger partial charge >= 0.3 is 5.97 Å². The number of esters is 1. The molecule has 0 saturated carbocycles. The van der Waals surface area contributed by atoms with Crippen molar-refractivity contribution in [3.05, 3.63) is 0 Å². The summed E-state index contributed by atoms with van der Waals surface area (Å²) in [5.74, 6) is -0.0829. The molecule has 90 valence electrons. The summed E-state index contributed by atoms with van der Waals surface area (Å²) in [6.07, 6.45) is 5.98. The summed E-state index contributed by atoms with van der Waals surface area (Å²) in [4.78, 5) is 11.1. The highest BCUT2D eigenvalue weighted by Gasteiger charge is 2.02. The van der Waals surface area contributed by atoms with E-state index in [-0.39, 0.29) is 12.1 Å². The third-order valence-electron chi connectivity index (χ3n) is 2.26. The topological polar surface area (TPSA) is 46.5 Å². The van der Waals surface area contributed by atoms with E-state index in [4.69, 9.17) is 9.84 Å². The Morgan fingerprint density at radius 3 is 2.60 bits per heavy atom. The third kappa shape index (κ3) is 11.4. The zero-order valence-electron chi connectivity index (χ0n) is 10.00. The summed E-state index contributed by atoms with van der Waals surface area (Å²) in [5.41, 5.74) is 0. The molecule has 0 aromatic heterocycles. The molecule has 0 aromatic carbocycles. The maximum atomic E-state index is 11.1. The molecule has 3 heteroatoms. The number of unbranched alkanes of at least 4 members (excludes halogenated alkanes) is 3. The van der Waals surface area contributed by atoms with Crippen LogP contribution in [0.5, 0.6) is 0 Å². The average molecular weight is 216 g/mol. The number of hydrogen-bond acceptors (Lipinski definition) is 3. The first-order chi connectivity index (χ1) is 7.16. The van der Waals surface area contributed by atoms with Gasteiger partial charge in [0.05, 0.1) is 12.7 Å². The first kappa shape index (κ1) is 14.4. The van der Waals surface area contributed by atoms with Crippen molar-refractivity contribution < 1.29 is 14.6 Å². The normalized spacial score (nSPS) is 12.5. The van der Waals surface area contributed by atoms with Crippen molar-refractivity contribution in [1.82, 2.24) is 0 Å². The predicted octanol–water partition coefficient (Wildman–Crippen LogP) is 2.66. The average Bonchev–Trinajstić information content (AvgIpc) is 2.17. The van der Waals surface area contributed by atoms with Crippen LogP contribution in [0.3, 0.4) is 0 Å². The highest BCUT2D eigenvalue weighted by molar-refractivity contribution is 5.69. The van der Waals surface area contributed by atoms with E-state index in [0.717, 1.165) is 38.5 Å². The zero-order chi connectivity index (χ0) is 11.5. The summed E-state index contributed by atoms with van der Waals surface area (Å²) < 4.78 is 5.02. The summed E-state index contributed by atoms with van der Waals surface area (Å²) in [5, 5.41) is 9.01. The summed E-state index contributed by atoms with van der Waals surface area (Å²) in [6, 6.07) is 0. The number of rotatable bonds is 9. The van der Waals surface area contributed by atoms with Crippen LogP contribution in [0.2, 0.25) is 0 Å². The molecule has 3 nitrogen and oxygen atoms in total. The maximum absolute atomic E-state index is 11.1. The lowest BCUT2D eigenvalue weighted by Crippen LogP contribution is -2.05. The van der Waals surface area contributed by atoms with Crippen LogP contribution in [0, 0.1) is 0 Å². The molecule has 0 aromatic rings. The van der Waals surface area contributed by atoms with Gasteiger partial charge in [0.25, 0.3) is 0 Å². The fourth-order valence-electron chi connectivity index (χ4n) is 1.29. The van der Waals surface area contributed by atoms with Gasteiger partial charge in [0.2, 0.25) is 0 Å². The molecule has 0 radical (unpaired) electrons. The molecule has 0 amide bonds. The van der Waals surface area contributed by atoms with E-state index < -0.39 is 0 Å². The van der Waals surface area contributed by atoms with Crippen LogP contribution < -0.4 is 0 Å². The highest BCUT2D eigenvalue weighted by Crippen LogP contribution is 2.06. The molecule has 0 bridgehead atoms. The number of carbonyl (C=O) groups excluding carboxylic acids is 1. The van der Waals surface area contributed by atoms with Crippen molar-refractivity contribution in [2.75, 3.05) is 6.61 Å². The predicted molar refractivity (Wildman–Crippen MR) is 60.6 cm³/mol. The minimum absolute atomic E-state index is 0.0829. The Morgan fingerprint density at radius 2 is 2.00 bits per heavy atom. The van der Waals surface area contributed by atoms with Gasteiger partial charge in [0.1, 0.15) is 0 Å². The minimum Gasteiger partial charge on any atom is -0.466 e. The Hall–Kier alpha value is -0.570. The number of hydrogen-bond donors (Lipinski definition) is 1. The molecule has 0 aliphatic rings. The summed E-state index contributed by atoms with van der Waals surface area (Å²) in [6.45, 7) is 4.42. The summed E-state index contributed by atoms with van der Waals surface area (Å²) in [7, 11) is 0. The van der Waals surface area contributed by atoms with E-state index in [1.54, 1.807) is 6.92 Å². The standard InChI is InChI=1S/C12H24O3/c1-3-4-10-15-12(14)9-7-5-6-8-11(2)13/h11,13H,3-10H2,1-2H3. The first-order valence-corrected chi connectivity index (χ1v) is 6.00. The van der Waals surface area contributed by atoms with Gasteiger partial charge in [0.15, 0.2) is 0 Å². The van der Waals surface area contributed by atoms with Crippen molar-refractivity contribution in [2.45, 2.75) is 64.9 Å². The smallest absolute Gasteiger partial charge is 0.305 e. The van der Waals surface area contributed by atoms with Crippen LogP contribution in [0.4, 0.5) is 0 Å². The van der Waals surface area contributed by atoms with Crippen molar-refractivity contribution in [3.8, 4) is 0 Å². The zero-order valence-corrected chi connectivity index (χ0v) is 10.00. The lowest BCUT2D eigenvalue weighted by atomic mass is 10.1. The molecular formula is C12H24O3. The number of carbonyl (C=O) groups is 1. The van der Waals surface area contributed by atoms with E-state index in [1.165, 1.54) is 0 Å². The molecular weight excluding hydrogens is 192 g/mol. The second kappa shape index (κ2) is 9.97. The SMILES string of the molecule is CCCCOC(=O)CCCCCC(C)O. The Balaban J connectivity index is 3.17. The van der Waals surface area contributed by atoms with E-state index >= 15 is 0 Å². The van der Waals surface area contributed by atoms with Crippen LogP contribution in [0.25, 0.3) is 0 Å². The fourth-order valence-corrected chi connectivity index (χ4v) is 1.29. The van der Waals surface area contributed by atoms with E-state index in [2.05, 4.69) is 6.92 Å². The largest absolute Gasteiger partial charge is 0.466 e. The molecule has 1 atom stereocenters. The fraction of sp³-hybridized carbons (Fsp3) is 0.917. The monoisotopic (exact) mass is 216 g/mol. The van der Waals surface area contributed by atoms with Crippen LogP contribution in [0.15, 0.2) is 0 Å². The van der Waals surface area contributed by atoms with Crippen LogP contribution in [-0.2, 0) is 9.53 Å². The molecule has 0 heterocycles. The van der Waals surface area contributed by atoms with Gasteiger partial charge in [-0.25, -0.2) is 0 Å². The van der Waals surface area contributed by atoms with Gasteiger partial charge < -0.3 is 9.84 Å². The van der Waals surface area contributed by atoms with E-state index in [9.17, 15) is 4.79 Å². The third-order valence-corrected chi connectivity index (χ3v) is 2.26. The van der Waals surface area contributed by atoms with Crippen molar-refractivity contribution in [1.29, 1.82) is 0 Å². The molecule has 0 aliphatic heterocycles. The lowest BCUT2D eigenvalue weighted by Gasteiger charge is -2.04. The molecule has 0 fully saturated rings. The van der Waals surface area contributed by atoms with Gasteiger partial charge in [-0.05, 0) is 26.2 Å². The van der Waals surface area contributed by atoms with Gasteiger partial charge in [-0.2, -0.15) is 0 Å². The molecule has 0 rings (SSSR count).